The molecule has 1 saturated heterocycles. The number of anilines is 2. The number of nitrogens with one attached hydrogen (secondary N) is 1. The van der Waals surface area contributed by atoms with Crippen LogP contribution >= 0.6 is 0 Å². The van der Waals surface area contributed by atoms with Crippen LogP contribution in [0.15, 0.2) is 71.3 Å². The van der Waals surface area contributed by atoms with Gasteiger partial charge in [0.05, 0.1) is 37.1 Å². The van der Waals surface area contributed by atoms with Gasteiger partial charge in [0.25, 0.3) is 5.91 Å². The van der Waals surface area contributed by atoms with Gasteiger partial charge in [0.1, 0.15) is 11.8 Å². The molecule has 1 atom stereocenters. The molecule has 1 aliphatic rings. The number of imide groups is 1. The number of ether oxygens (including phenoxy) is 1. The van der Waals surface area contributed by atoms with Crippen LogP contribution in [-0.4, -0.2) is 41.4 Å². The van der Waals surface area contributed by atoms with Gasteiger partial charge in [-0.1, -0.05) is 23.8 Å². The monoisotopic (exact) mass is 475 g/mol. The lowest BCUT2D eigenvalue weighted by atomic mass is 10.1. The van der Waals surface area contributed by atoms with E-state index in [0.717, 1.165) is 10.5 Å². The summed E-state index contributed by atoms with van der Waals surface area (Å²) in [5.41, 5.74) is 2.09. The second-order valence-electron chi connectivity index (χ2n) is 8.07. The fraction of sp³-hybridized carbons (Fsp3) is 0.231. The van der Waals surface area contributed by atoms with Crippen molar-refractivity contribution in [2.75, 3.05) is 16.8 Å². The number of aryl methyl sites for hydroxylation is 1. The maximum Gasteiger partial charge on any atom is 0.338 e. The summed E-state index contributed by atoms with van der Waals surface area (Å²) in [6.07, 6.45) is 1.21. The smallest absolute Gasteiger partial charge is 0.338 e. The van der Waals surface area contributed by atoms with Crippen molar-refractivity contribution in [1.29, 1.82) is 0 Å². The van der Waals surface area contributed by atoms with Gasteiger partial charge in [-0.15, -0.1) is 0 Å². The van der Waals surface area contributed by atoms with E-state index < -0.39 is 29.9 Å². The van der Waals surface area contributed by atoms with Crippen LogP contribution in [0.1, 0.15) is 35.0 Å². The maximum atomic E-state index is 13.3. The Morgan fingerprint density at radius 2 is 1.83 bits per heavy atom. The fourth-order valence-corrected chi connectivity index (χ4v) is 3.84. The quantitative estimate of drug-likeness (QED) is 0.388. The highest BCUT2D eigenvalue weighted by Crippen LogP contribution is 2.29. The third-order valence-corrected chi connectivity index (χ3v) is 5.55. The first-order chi connectivity index (χ1) is 16.9. The van der Waals surface area contributed by atoms with Gasteiger partial charge in [0.2, 0.25) is 5.91 Å². The molecule has 1 fully saturated rings. The number of carbonyl (C=O) groups is 4. The fourth-order valence-electron chi connectivity index (χ4n) is 3.84. The van der Waals surface area contributed by atoms with Crippen molar-refractivity contribution in [2.45, 2.75) is 32.9 Å². The van der Waals surface area contributed by atoms with E-state index in [0.29, 0.717) is 22.7 Å². The minimum Gasteiger partial charge on any atom is -0.467 e. The first-order valence-electron chi connectivity index (χ1n) is 11.2. The third kappa shape index (κ3) is 5.24. The third-order valence-electron chi connectivity index (χ3n) is 5.55. The lowest BCUT2D eigenvalue weighted by Gasteiger charge is -2.20. The summed E-state index contributed by atoms with van der Waals surface area (Å²) < 4.78 is 10.4. The van der Waals surface area contributed by atoms with Gasteiger partial charge in [-0.2, -0.15) is 0 Å². The average Bonchev–Trinajstić information content (AvgIpc) is 3.43. The summed E-state index contributed by atoms with van der Waals surface area (Å²) in [5.74, 6) is -0.990. The van der Waals surface area contributed by atoms with Crippen LogP contribution in [0.3, 0.4) is 0 Å². The number of amides is 4. The van der Waals surface area contributed by atoms with E-state index in [4.69, 9.17) is 9.15 Å². The Morgan fingerprint density at radius 3 is 2.51 bits per heavy atom. The van der Waals surface area contributed by atoms with Gasteiger partial charge in [-0.25, -0.2) is 14.5 Å². The van der Waals surface area contributed by atoms with Crippen molar-refractivity contribution >= 4 is 35.2 Å². The number of urea groups is 1. The molecular formula is C26H25N3O6. The van der Waals surface area contributed by atoms with E-state index in [1.807, 2.05) is 19.1 Å². The number of carbonyl (C=O) groups excluding carboxylic acids is 4. The van der Waals surface area contributed by atoms with Gasteiger partial charge in [-0.3, -0.25) is 9.59 Å². The minimum absolute atomic E-state index is 0.0379. The lowest BCUT2D eigenvalue weighted by molar-refractivity contribution is -0.124. The largest absolute Gasteiger partial charge is 0.467 e. The van der Waals surface area contributed by atoms with Crippen molar-refractivity contribution < 1.29 is 28.3 Å². The number of esters is 1. The zero-order valence-corrected chi connectivity index (χ0v) is 19.4. The maximum absolute atomic E-state index is 13.3. The Kier molecular flexibility index (Phi) is 6.96. The first-order valence-corrected chi connectivity index (χ1v) is 11.2. The number of hydrogen-bond acceptors (Lipinski definition) is 6. The molecule has 1 N–H and O–H groups in total. The van der Waals surface area contributed by atoms with Crippen LogP contribution in [0, 0.1) is 6.92 Å². The van der Waals surface area contributed by atoms with Gasteiger partial charge >= 0.3 is 12.0 Å². The number of nitrogens with zero attached hydrogens (tertiary/aromatic N) is 2. The molecule has 1 aromatic heterocycles. The molecule has 9 nitrogen and oxygen atoms in total. The Hall–Kier alpha value is -4.40. The summed E-state index contributed by atoms with van der Waals surface area (Å²) in [4.78, 5) is 53.9. The van der Waals surface area contributed by atoms with E-state index >= 15 is 0 Å². The summed E-state index contributed by atoms with van der Waals surface area (Å²) in [6, 6.07) is 15.2. The van der Waals surface area contributed by atoms with Gasteiger partial charge in [0, 0.05) is 5.69 Å². The Labute approximate surface area is 202 Å². The lowest BCUT2D eigenvalue weighted by Crippen LogP contribution is -2.37. The highest BCUT2D eigenvalue weighted by Gasteiger charge is 2.47. The van der Waals surface area contributed by atoms with Crippen molar-refractivity contribution in [3.05, 3.63) is 83.8 Å². The van der Waals surface area contributed by atoms with E-state index in [9.17, 15) is 19.2 Å². The molecule has 0 spiro atoms. The summed E-state index contributed by atoms with van der Waals surface area (Å²) in [7, 11) is 0. The summed E-state index contributed by atoms with van der Waals surface area (Å²) >= 11 is 0. The van der Waals surface area contributed by atoms with Crippen LogP contribution < -0.4 is 10.2 Å². The van der Waals surface area contributed by atoms with E-state index in [1.165, 1.54) is 17.2 Å². The molecule has 0 aliphatic carbocycles. The number of rotatable bonds is 8. The number of benzene rings is 2. The van der Waals surface area contributed by atoms with Crippen molar-refractivity contribution in [1.82, 2.24) is 4.90 Å². The zero-order chi connectivity index (χ0) is 24.9. The molecule has 180 valence electrons. The van der Waals surface area contributed by atoms with Gasteiger partial charge in [0.15, 0.2) is 0 Å². The zero-order valence-electron chi connectivity index (χ0n) is 19.4. The minimum atomic E-state index is -1.03. The Bertz CT molecular complexity index is 1240. The molecule has 4 amide bonds. The Morgan fingerprint density at radius 1 is 1.06 bits per heavy atom. The highest BCUT2D eigenvalue weighted by molar-refractivity contribution is 6.22. The summed E-state index contributed by atoms with van der Waals surface area (Å²) in [6.45, 7) is 3.88. The van der Waals surface area contributed by atoms with Gasteiger partial charge in [-0.05, 0) is 56.3 Å². The molecule has 2 heterocycles. The topological polar surface area (TPSA) is 109 Å². The van der Waals surface area contributed by atoms with Crippen LogP contribution in [0.4, 0.5) is 16.2 Å². The van der Waals surface area contributed by atoms with Crippen LogP contribution in [-0.2, 0) is 20.9 Å². The number of furan rings is 1. The van der Waals surface area contributed by atoms with E-state index in [2.05, 4.69) is 5.32 Å². The molecular weight excluding hydrogens is 450 g/mol. The van der Waals surface area contributed by atoms with Gasteiger partial charge < -0.3 is 19.4 Å². The van der Waals surface area contributed by atoms with E-state index in [-0.39, 0.29) is 19.6 Å². The van der Waals surface area contributed by atoms with Crippen molar-refractivity contribution in [3.63, 3.8) is 0 Å². The van der Waals surface area contributed by atoms with Crippen LogP contribution in [0.25, 0.3) is 0 Å². The second-order valence-corrected chi connectivity index (χ2v) is 8.07. The first kappa shape index (κ1) is 23.7. The molecule has 2 aromatic carbocycles. The van der Waals surface area contributed by atoms with Crippen molar-refractivity contribution in [3.8, 4) is 0 Å². The SMILES string of the molecule is CCOC(=O)c1cccc(NC(=O)C[C@@H]2C(=O)N(c3ccc(C)cc3)C(=O)N2Cc2ccco2)c1. The molecule has 0 radical (unpaired) electrons. The average molecular weight is 476 g/mol. The predicted molar refractivity (Wildman–Crippen MR) is 128 cm³/mol. The highest BCUT2D eigenvalue weighted by atomic mass is 16.5. The predicted octanol–water partition coefficient (Wildman–Crippen LogP) is 4.13. The molecule has 0 saturated carbocycles. The molecule has 4 rings (SSSR count). The Balaban J connectivity index is 1.54. The number of hydrogen-bond donors (Lipinski definition) is 1. The van der Waals surface area contributed by atoms with Crippen LogP contribution in [0.2, 0.25) is 0 Å². The molecule has 35 heavy (non-hydrogen) atoms. The van der Waals surface area contributed by atoms with Crippen molar-refractivity contribution in [2.24, 2.45) is 0 Å². The molecule has 1 aliphatic heterocycles. The normalized spacial score (nSPS) is 15.4. The standard InChI is InChI=1S/C26H25N3O6/c1-3-34-25(32)18-6-4-7-19(14-18)27-23(30)15-22-24(31)29(20-11-9-17(2)10-12-20)26(33)28(22)16-21-8-5-13-35-21/h4-14,22H,3,15-16H2,1-2H3,(H,27,30)/t22-/m1/s1. The second kappa shape index (κ2) is 10.3. The molecule has 0 bridgehead atoms. The molecule has 0 unspecified atom stereocenters. The molecule has 9 heteroatoms. The van der Waals surface area contributed by atoms with E-state index in [1.54, 1.807) is 49.4 Å². The summed E-state index contributed by atoms with van der Waals surface area (Å²) in [5, 5.41) is 2.70. The molecule has 3 aromatic rings. The van der Waals surface area contributed by atoms with Crippen LogP contribution in [0.5, 0.6) is 0 Å².